The standard InChI is InChI=1S/C10H13N5O4/c1-14-4-3-6(10(14)16)13-8-7(15(17)18)9(19-2)12-5-11-8/h5-6H,3-4H2,1-2H3,(H,11,12,13). The lowest BCUT2D eigenvalue weighted by Gasteiger charge is -2.13. The monoisotopic (exact) mass is 267 g/mol. The Labute approximate surface area is 108 Å². The number of anilines is 1. The maximum absolute atomic E-state index is 11.8. The Morgan fingerprint density at radius 3 is 2.84 bits per heavy atom. The molecule has 1 unspecified atom stereocenters. The SMILES string of the molecule is COc1ncnc(NC2CCN(C)C2=O)c1[N+](=O)[O-]. The molecule has 1 saturated heterocycles. The van der Waals surface area contributed by atoms with Crippen molar-refractivity contribution in [3.8, 4) is 5.88 Å². The van der Waals surface area contributed by atoms with Gasteiger partial charge in [-0.15, -0.1) is 0 Å². The smallest absolute Gasteiger partial charge is 0.372 e. The Morgan fingerprint density at radius 1 is 1.58 bits per heavy atom. The number of aromatic nitrogens is 2. The van der Waals surface area contributed by atoms with E-state index >= 15 is 0 Å². The van der Waals surface area contributed by atoms with Crippen LogP contribution in [0.5, 0.6) is 5.88 Å². The minimum Gasteiger partial charge on any atom is -0.476 e. The Balaban J connectivity index is 2.30. The van der Waals surface area contributed by atoms with Crippen molar-refractivity contribution in [2.45, 2.75) is 12.5 Å². The van der Waals surface area contributed by atoms with E-state index in [1.54, 1.807) is 11.9 Å². The average molecular weight is 267 g/mol. The van der Waals surface area contributed by atoms with Gasteiger partial charge in [0, 0.05) is 13.6 Å². The normalized spacial score (nSPS) is 18.5. The summed E-state index contributed by atoms with van der Waals surface area (Å²) in [4.78, 5) is 31.2. The van der Waals surface area contributed by atoms with E-state index < -0.39 is 11.0 Å². The largest absolute Gasteiger partial charge is 0.476 e. The molecule has 2 heterocycles. The first-order valence-electron chi connectivity index (χ1n) is 5.59. The summed E-state index contributed by atoms with van der Waals surface area (Å²) in [7, 11) is 2.96. The Kier molecular flexibility index (Phi) is 3.45. The van der Waals surface area contributed by atoms with Crippen molar-refractivity contribution < 1.29 is 14.5 Å². The molecule has 0 radical (unpaired) electrons. The van der Waals surface area contributed by atoms with Crippen LogP contribution in [0.4, 0.5) is 11.5 Å². The highest BCUT2D eigenvalue weighted by Crippen LogP contribution is 2.31. The number of carbonyl (C=O) groups excluding carboxylic acids is 1. The molecule has 1 aliphatic heterocycles. The molecule has 1 fully saturated rings. The fourth-order valence-electron chi connectivity index (χ4n) is 1.90. The van der Waals surface area contributed by atoms with Gasteiger partial charge in [0.1, 0.15) is 12.4 Å². The van der Waals surface area contributed by atoms with E-state index in [9.17, 15) is 14.9 Å². The molecule has 0 bridgehead atoms. The number of rotatable bonds is 4. The van der Waals surface area contributed by atoms with Crippen LogP contribution in [0.2, 0.25) is 0 Å². The molecule has 0 spiro atoms. The lowest BCUT2D eigenvalue weighted by molar-refractivity contribution is -0.385. The first kappa shape index (κ1) is 13.0. The lowest BCUT2D eigenvalue weighted by atomic mass is 10.2. The third kappa shape index (κ3) is 2.39. The minimum atomic E-state index is -0.635. The molecule has 1 aromatic rings. The number of likely N-dealkylation sites (tertiary alicyclic amines) is 1. The second kappa shape index (κ2) is 5.04. The van der Waals surface area contributed by atoms with Crippen molar-refractivity contribution in [3.63, 3.8) is 0 Å². The highest BCUT2D eigenvalue weighted by Gasteiger charge is 2.32. The number of nitrogens with one attached hydrogen (secondary N) is 1. The van der Waals surface area contributed by atoms with Crippen LogP contribution < -0.4 is 10.1 Å². The zero-order valence-corrected chi connectivity index (χ0v) is 10.5. The molecule has 1 amide bonds. The summed E-state index contributed by atoms with van der Waals surface area (Å²) in [6, 6.07) is -0.511. The van der Waals surface area contributed by atoms with Crippen LogP contribution in [0.1, 0.15) is 6.42 Å². The van der Waals surface area contributed by atoms with E-state index in [0.717, 1.165) is 6.33 Å². The van der Waals surface area contributed by atoms with Crippen molar-refractivity contribution in [1.29, 1.82) is 0 Å². The number of hydrogen-bond donors (Lipinski definition) is 1. The molecule has 1 atom stereocenters. The minimum absolute atomic E-state index is 0.00880. The van der Waals surface area contributed by atoms with Crippen molar-refractivity contribution in [2.75, 3.05) is 26.0 Å². The van der Waals surface area contributed by atoms with Gasteiger partial charge in [-0.1, -0.05) is 0 Å². The number of nitrogens with zero attached hydrogens (tertiary/aromatic N) is 4. The molecule has 19 heavy (non-hydrogen) atoms. The van der Waals surface area contributed by atoms with Crippen molar-refractivity contribution in [2.24, 2.45) is 0 Å². The molecule has 1 aromatic heterocycles. The van der Waals surface area contributed by atoms with E-state index in [1.807, 2.05) is 0 Å². The highest BCUT2D eigenvalue weighted by atomic mass is 16.6. The number of carbonyl (C=O) groups is 1. The molecule has 102 valence electrons. The second-order valence-electron chi connectivity index (χ2n) is 4.08. The van der Waals surface area contributed by atoms with E-state index in [-0.39, 0.29) is 23.3 Å². The summed E-state index contributed by atoms with van der Waals surface area (Å²) in [5.74, 6) is -0.265. The summed E-state index contributed by atoms with van der Waals surface area (Å²) < 4.78 is 4.83. The summed E-state index contributed by atoms with van der Waals surface area (Å²) in [5.41, 5.74) is -0.368. The van der Waals surface area contributed by atoms with Crippen LogP contribution in [0.15, 0.2) is 6.33 Å². The Bertz CT molecular complexity index is 521. The highest BCUT2D eigenvalue weighted by molar-refractivity contribution is 5.87. The van der Waals surface area contributed by atoms with Crippen molar-refractivity contribution in [3.05, 3.63) is 16.4 Å². The summed E-state index contributed by atoms with van der Waals surface area (Å²) >= 11 is 0. The maximum Gasteiger partial charge on any atom is 0.372 e. The molecule has 0 aliphatic carbocycles. The van der Waals surface area contributed by atoms with Gasteiger partial charge >= 0.3 is 5.69 Å². The predicted octanol–water partition coefficient (Wildman–Crippen LogP) is 0.0360. The van der Waals surface area contributed by atoms with Crippen LogP contribution in [-0.2, 0) is 4.79 Å². The molecular weight excluding hydrogens is 254 g/mol. The van der Waals surface area contributed by atoms with Gasteiger partial charge in [-0.25, -0.2) is 4.98 Å². The van der Waals surface area contributed by atoms with Gasteiger partial charge in [0.15, 0.2) is 0 Å². The summed E-state index contributed by atoms with van der Waals surface area (Å²) in [6.45, 7) is 0.604. The van der Waals surface area contributed by atoms with Crippen molar-refractivity contribution >= 4 is 17.4 Å². The van der Waals surface area contributed by atoms with Gasteiger partial charge in [0.25, 0.3) is 5.88 Å². The van der Waals surface area contributed by atoms with Crippen LogP contribution >= 0.6 is 0 Å². The van der Waals surface area contributed by atoms with E-state index in [4.69, 9.17) is 4.74 Å². The van der Waals surface area contributed by atoms with Crippen LogP contribution in [-0.4, -0.2) is 52.4 Å². The predicted molar refractivity (Wildman–Crippen MR) is 64.9 cm³/mol. The molecule has 9 nitrogen and oxygen atoms in total. The fraction of sp³-hybridized carbons (Fsp3) is 0.500. The molecular formula is C10H13N5O4. The van der Waals surface area contributed by atoms with Gasteiger partial charge in [0.05, 0.1) is 12.0 Å². The average Bonchev–Trinajstić information content (AvgIpc) is 2.70. The number of amides is 1. The molecule has 2 rings (SSSR count). The Hall–Kier alpha value is -2.45. The van der Waals surface area contributed by atoms with E-state index in [2.05, 4.69) is 15.3 Å². The molecule has 9 heteroatoms. The zero-order chi connectivity index (χ0) is 14.0. The fourth-order valence-corrected chi connectivity index (χ4v) is 1.90. The van der Waals surface area contributed by atoms with Gasteiger partial charge in [-0.05, 0) is 6.42 Å². The zero-order valence-electron chi connectivity index (χ0n) is 10.5. The van der Waals surface area contributed by atoms with Gasteiger partial charge < -0.3 is 15.0 Å². The van der Waals surface area contributed by atoms with E-state index in [1.165, 1.54) is 7.11 Å². The van der Waals surface area contributed by atoms with Crippen LogP contribution in [0.3, 0.4) is 0 Å². The van der Waals surface area contributed by atoms with Gasteiger partial charge in [-0.3, -0.25) is 14.9 Å². The third-order valence-electron chi connectivity index (χ3n) is 2.90. The first-order chi connectivity index (χ1) is 9.04. The number of methoxy groups -OCH3 is 1. The number of hydrogen-bond acceptors (Lipinski definition) is 7. The van der Waals surface area contributed by atoms with E-state index in [0.29, 0.717) is 13.0 Å². The second-order valence-corrected chi connectivity index (χ2v) is 4.08. The maximum atomic E-state index is 11.8. The van der Waals surface area contributed by atoms with Crippen LogP contribution in [0.25, 0.3) is 0 Å². The molecule has 1 aliphatic rings. The number of ether oxygens (including phenoxy) is 1. The molecule has 0 aromatic carbocycles. The van der Waals surface area contributed by atoms with Crippen LogP contribution in [0, 0.1) is 10.1 Å². The third-order valence-corrected chi connectivity index (χ3v) is 2.90. The topological polar surface area (TPSA) is 110 Å². The summed E-state index contributed by atoms with van der Waals surface area (Å²) in [5, 5.41) is 13.8. The van der Waals surface area contributed by atoms with Crippen molar-refractivity contribution in [1.82, 2.24) is 14.9 Å². The number of nitro groups is 1. The number of likely N-dealkylation sites (N-methyl/N-ethyl adjacent to an activating group) is 1. The lowest BCUT2D eigenvalue weighted by Crippen LogP contribution is -2.31. The molecule has 0 saturated carbocycles. The first-order valence-corrected chi connectivity index (χ1v) is 5.59. The Morgan fingerprint density at radius 2 is 2.32 bits per heavy atom. The summed E-state index contributed by atoms with van der Waals surface area (Å²) in [6.07, 6.45) is 1.72. The van der Waals surface area contributed by atoms with Gasteiger partial charge in [-0.2, -0.15) is 4.98 Å². The molecule has 1 N–H and O–H groups in total. The quantitative estimate of drug-likeness (QED) is 0.605. The van der Waals surface area contributed by atoms with Gasteiger partial charge in [0.2, 0.25) is 11.7 Å².